The van der Waals surface area contributed by atoms with Crippen molar-refractivity contribution in [1.82, 2.24) is 0 Å². The van der Waals surface area contributed by atoms with Gasteiger partial charge in [0.25, 0.3) is 20.1 Å². The molecule has 3 N–H and O–H groups in total. The number of nitrogens with two attached hydrogens (primary N) is 1. The summed E-state index contributed by atoms with van der Waals surface area (Å²) >= 11 is 0. The molecule has 186 valence electrons. The molecular formula is C24H21N4NaO6S2. The molecular weight excluding hydrogens is 527 g/mol. The molecule has 0 saturated heterocycles. The van der Waals surface area contributed by atoms with Gasteiger partial charge in [-0.05, 0) is 66.9 Å². The van der Waals surface area contributed by atoms with Crippen LogP contribution in [0.5, 0.6) is 5.75 Å². The van der Waals surface area contributed by atoms with Crippen LogP contribution in [-0.4, -0.2) is 27.9 Å². The number of rotatable bonds is 7. The molecule has 13 heteroatoms. The van der Waals surface area contributed by atoms with Crippen molar-refractivity contribution in [2.45, 2.75) is 16.7 Å². The first-order valence-electron chi connectivity index (χ1n) is 10.6. The Bertz CT molecular complexity index is 1680. The van der Waals surface area contributed by atoms with E-state index >= 15 is 0 Å². The molecule has 0 aliphatic heterocycles. The molecule has 0 unspecified atom stereocenters. The van der Waals surface area contributed by atoms with Gasteiger partial charge >= 0.3 is 29.6 Å². The van der Waals surface area contributed by atoms with Gasteiger partial charge in [-0.15, -0.1) is 5.11 Å². The zero-order valence-electron chi connectivity index (χ0n) is 19.9. The van der Waals surface area contributed by atoms with E-state index in [2.05, 4.69) is 10.2 Å². The van der Waals surface area contributed by atoms with Gasteiger partial charge in [0.1, 0.15) is 5.69 Å². The van der Waals surface area contributed by atoms with Gasteiger partial charge < -0.3 is 10.8 Å². The number of hydrogen-bond acceptors (Lipinski definition) is 8. The normalized spacial score (nSPS) is 11.9. The molecule has 0 spiro atoms. The minimum absolute atomic E-state index is 0. The Morgan fingerprint density at radius 3 is 2.14 bits per heavy atom. The van der Waals surface area contributed by atoms with E-state index in [-0.39, 0.29) is 63.1 Å². The van der Waals surface area contributed by atoms with Crippen molar-refractivity contribution in [3.8, 4) is 5.75 Å². The molecule has 4 aromatic rings. The van der Waals surface area contributed by atoms with Gasteiger partial charge in [0.2, 0.25) is 0 Å². The molecule has 0 amide bonds. The van der Waals surface area contributed by atoms with Crippen LogP contribution in [0, 0.1) is 0 Å². The van der Waals surface area contributed by atoms with Crippen molar-refractivity contribution in [2.24, 2.45) is 10.2 Å². The zero-order chi connectivity index (χ0) is 26.1. The quantitative estimate of drug-likeness (QED) is 0.152. The monoisotopic (exact) mass is 548 g/mol. The van der Waals surface area contributed by atoms with Crippen LogP contribution in [0.1, 0.15) is 6.92 Å². The SMILES string of the molecule is CCN(c1ccccc1)S(=O)(=O)c1ccc(N=Nc2c(N)ccc3cc(S(=O)(=O)O)cc([O-])c23)cc1.[Na+]. The van der Waals surface area contributed by atoms with Gasteiger partial charge in [-0.3, -0.25) is 8.86 Å². The fourth-order valence-electron chi connectivity index (χ4n) is 3.66. The minimum Gasteiger partial charge on any atom is -0.872 e. The number of azo groups is 1. The van der Waals surface area contributed by atoms with E-state index in [1.54, 1.807) is 37.3 Å². The third kappa shape index (κ3) is 5.95. The Labute approximate surface area is 236 Å². The van der Waals surface area contributed by atoms with E-state index in [0.29, 0.717) is 11.4 Å². The van der Waals surface area contributed by atoms with Crippen LogP contribution in [0.2, 0.25) is 0 Å². The molecule has 0 aliphatic rings. The summed E-state index contributed by atoms with van der Waals surface area (Å²) in [5.41, 5.74) is 6.98. The Kier molecular flexibility index (Phi) is 8.63. The summed E-state index contributed by atoms with van der Waals surface area (Å²) in [5.74, 6) is -0.705. The van der Waals surface area contributed by atoms with Crippen molar-refractivity contribution in [3.63, 3.8) is 0 Å². The molecule has 0 saturated carbocycles. The number of benzene rings is 4. The summed E-state index contributed by atoms with van der Waals surface area (Å²) < 4.78 is 59.7. The topological polar surface area (TPSA) is 166 Å². The summed E-state index contributed by atoms with van der Waals surface area (Å²) in [5, 5.41) is 21.0. The van der Waals surface area contributed by atoms with Crippen molar-refractivity contribution in [1.29, 1.82) is 0 Å². The van der Waals surface area contributed by atoms with Crippen LogP contribution in [0.25, 0.3) is 10.8 Å². The van der Waals surface area contributed by atoms with Gasteiger partial charge in [0.15, 0.2) is 0 Å². The first-order valence-corrected chi connectivity index (χ1v) is 13.5. The third-order valence-electron chi connectivity index (χ3n) is 5.38. The maximum atomic E-state index is 13.1. The second kappa shape index (κ2) is 11.2. The van der Waals surface area contributed by atoms with Crippen LogP contribution in [0.4, 0.5) is 22.7 Å². The van der Waals surface area contributed by atoms with Crippen LogP contribution in [-0.2, 0) is 20.1 Å². The van der Waals surface area contributed by atoms with E-state index in [4.69, 9.17) is 5.73 Å². The summed E-state index contributed by atoms with van der Waals surface area (Å²) in [6, 6.07) is 19.2. The maximum Gasteiger partial charge on any atom is 1.00 e. The second-order valence-corrected chi connectivity index (χ2v) is 11.0. The van der Waals surface area contributed by atoms with Crippen LogP contribution < -0.4 is 44.7 Å². The fourth-order valence-corrected chi connectivity index (χ4v) is 5.67. The molecule has 0 radical (unpaired) electrons. The van der Waals surface area contributed by atoms with E-state index in [9.17, 15) is 26.5 Å². The fraction of sp³-hybridized carbons (Fsp3) is 0.0833. The molecule has 0 bridgehead atoms. The van der Waals surface area contributed by atoms with Gasteiger partial charge in [-0.2, -0.15) is 13.5 Å². The van der Waals surface area contributed by atoms with E-state index < -0.39 is 30.8 Å². The number of anilines is 2. The largest absolute Gasteiger partial charge is 1.00 e. The summed E-state index contributed by atoms with van der Waals surface area (Å²) in [6.07, 6.45) is 0. The van der Waals surface area contributed by atoms with E-state index in [0.717, 1.165) is 12.1 Å². The van der Waals surface area contributed by atoms with Crippen molar-refractivity contribution in [2.75, 3.05) is 16.6 Å². The van der Waals surface area contributed by atoms with Crippen molar-refractivity contribution < 1.29 is 56.1 Å². The van der Waals surface area contributed by atoms with E-state index in [1.165, 1.54) is 40.7 Å². The molecule has 10 nitrogen and oxygen atoms in total. The Hall–Kier alpha value is -3.00. The van der Waals surface area contributed by atoms with Crippen LogP contribution >= 0.6 is 0 Å². The number of nitrogens with zero attached hydrogens (tertiary/aromatic N) is 3. The number of fused-ring (bicyclic) bond motifs is 1. The zero-order valence-corrected chi connectivity index (χ0v) is 23.6. The maximum absolute atomic E-state index is 13.1. The standard InChI is InChI=1S/C24H22N4O6S2.Na/c1-2-28(18-6-4-3-5-7-18)35(30,31)19-11-9-17(10-12-19)26-27-24-21(25)13-8-16-14-20(36(32,33)34)15-22(29)23(16)24;/h3-15,29H,2,25H2,1H3,(H,32,33,34);/q;+1/p-1. The number of hydrogen-bond donors (Lipinski definition) is 2. The molecule has 0 heterocycles. The van der Waals surface area contributed by atoms with Crippen molar-refractivity contribution in [3.05, 3.63) is 78.9 Å². The number of sulfonamides is 1. The molecule has 0 fully saturated rings. The molecule has 0 aliphatic carbocycles. The first-order chi connectivity index (χ1) is 17.0. The Morgan fingerprint density at radius 1 is 0.892 bits per heavy atom. The smallest absolute Gasteiger partial charge is 0.872 e. The molecule has 0 atom stereocenters. The van der Waals surface area contributed by atoms with E-state index in [1.807, 2.05) is 0 Å². The molecule has 0 aromatic heterocycles. The molecule has 4 aromatic carbocycles. The van der Waals surface area contributed by atoms with Gasteiger partial charge in [-0.25, -0.2) is 8.42 Å². The molecule has 37 heavy (non-hydrogen) atoms. The van der Waals surface area contributed by atoms with Gasteiger partial charge in [-0.1, -0.05) is 30.0 Å². The van der Waals surface area contributed by atoms with Crippen molar-refractivity contribution >= 4 is 53.7 Å². The van der Waals surface area contributed by atoms with Gasteiger partial charge in [0, 0.05) is 11.9 Å². The Balaban J connectivity index is 0.00000380. The summed E-state index contributed by atoms with van der Waals surface area (Å²) in [4.78, 5) is -0.475. The second-order valence-electron chi connectivity index (χ2n) is 7.70. The number of para-hydroxylation sites is 1. The third-order valence-corrected chi connectivity index (χ3v) is 8.13. The van der Waals surface area contributed by atoms with Crippen LogP contribution in [0.3, 0.4) is 0 Å². The summed E-state index contributed by atoms with van der Waals surface area (Å²) in [6.45, 7) is 1.98. The van der Waals surface area contributed by atoms with Crippen LogP contribution in [0.15, 0.2) is 98.9 Å². The minimum atomic E-state index is -4.58. The summed E-state index contributed by atoms with van der Waals surface area (Å²) in [7, 11) is -8.39. The molecule has 4 rings (SSSR count). The predicted octanol–water partition coefficient (Wildman–Crippen LogP) is 1.38. The first kappa shape index (κ1) is 28.6. The average molecular weight is 549 g/mol. The van der Waals surface area contributed by atoms with Gasteiger partial charge in [0.05, 0.1) is 26.9 Å². The Morgan fingerprint density at radius 2 is 1.54 bits per heavy atom. The average Bonchev–Trinajstić information content (AvgIpc) is 2.84. The predicted molar refractivity (Wildman–Crippen MR) is 135 cm³/mol. The number of nitrogen functional groups attached to an aromatic ring is 1.